The molecule has 6 nitrogen and oxygen atoms in total. The topological polar surface area (TPSA) is 67.5 Å². The van der Waals surface area contributed by atoms with E-state index in [0.717, 1.165) is 22.2 Å². The lowest BCUT2D eigenvalue weighted by Crippen LogP contribution is -2.27. The second-order valence-corrected chi connectivity index (χ2v) is 9.11. The summed E-state index contributed by atoms with van der Waals surface area (Å²) in [5.74, 6) is 0.417. The van der Waals surface area contributed by atoms with E-state index in [1.165, 1.54) is 11.8 Å². The summed E-state index contributed by atoms with van der Waals surface area (Å²) < 4.78 is 7.65. The molecule has 2 aromatic heterocycles. The Kier molecular flexibility index (Phi) is 5.85. The van der Waals surface area contributed by atoms with Crippen molar-refractivity contribution in [3.63, 3.8) is 0 Å². The van der Waals surface area contributed by atoms with Crippen molar-refractivity contribution in [2.75, 3.05) is 4.90 Å². The number of thiocarbonyl (C=S) groups is 1. The lowest BCUT2D eigenvalue weighted by atomic mass is 10.1. The normalized spacial score (nSPS) is 15.0. The van der Waals surface area contributed by atoms with Gasteiger partial charge in [0.05, 0.1) is 23.4 Å². The smallest absolute Gasteiger partial charge is 0.270 e. The van der Waals surface area contributed by atoms with Crippen LogP contribution in [0.25, 0.3) is 17.0 Å². The first kappa shape index (κ1) is 21.2. The van der Waals surface area contributed by atoms with E-state index in [1.807, 2.05) is 77.5 Å². The van der Waals surface area contributed by atoms with Gasteiger partial charge in [0.25, 0.3) is 5.91 Å². The maximum atomic E-state index is 13.1. The van der Waals surface area contributed by atoms with Crippen molar-refractivity contribution in [3.05, 3.63) is 95.4 Å². The van der Waals surface area contributed by atoms with Crippen LogP contribution in [0.5, 0.6) is 0 Å². The molecule has 1 N–H and O–H groups in total. The molecule has 0 spiro atoms. The van der Waals surface area contributed by atoms with Crippen LogP contribution in [-0.4, -0.2) is 20.7 Å². The van der Waals surface area contributed by atoms with E-state index in [-0.39, 0.29) is 18.4 Å². The Bertz CT molecular complexity index is 1370. The first-order valence-electron chi connectivity index (χ1n) is 10.3. The molecule has 164 valence electrons. The number of rotatable bonds is 6. The predicted octanol–water partition coefficient (Wildman–Crippen LogP) is 4.96. The monoisotopic (exact) mass is 473 g/mol. The molecule has 1 aliphatic rings. The van der Waals surface area contributed by atoms with Crippen LogP contribution in [0.2, 0.25) is 0 Å². The minimum absolute atomic E-state index is 0.130. The van der Waals surface area contributed by atoms with Gasteiger partial charge in [-0.2, -0.15) is 0 Å². The van der Waals surface area contributed by atoms with Crippen LogP contribution in [0.4, 0.5) is 5.69 Å². The van der Waals surface area contributed by atoms with Gasteiger partial charge in [-0.25, -0.2) is 0 Å². The van der Waals surface area contributed by atoms with E-state index in [1.54, 1.807) is 17.2 Å². The Morgan fingerprint density at radius 3 is 2.64 bits per heavy atom. The number of furan rings is 1. The number of nitrogens with zero attached hydrogens (tertiary/aromatic N) is 2. The number of thioether (sulfide) groups is 1. The fourth-order valence-electron chi connectivity index (χ4n) is 3.74. The Morgan fingerprint density at radius 2 is 1.85 bits per heavy atom. The third kappa shape index (κ3) is 4.35. The SMILES string of the molecule is O=C(Cn1cc(/C=C2\SC(=S)N(c3ccccc3)C2=O)c2ccccc21)NCc1ccco1. The lowest BCUT2D eigenvalue weighted by molar-refractivity contribution is -0.121. The van der Waals surface area contributed by atoms with Crippen LogP contribution in [0.1, 0.15) is 11.3 Å². The number of carbonyl (C=O) groups excluding carboxylic acids is 2. The molecule has 2 aromatic carbocycles. The third-order valence-electron chi connectivity index (χ3n) is 5.27. The minimum Gasteiger partial charge on any atom is -0.467 e. The molecule has 1 aliphatic heterocycles. The Hall–Kier alpha value is -3.62. The first-order valence-corrected chi connectivity index (χ1v) is 11.5. The molecule has 0 radical (unpaired) electrons. The molecule has 1 fully saturated rings. The van der Waals surface area contributed by atoms with Gasteiger partial charge in [-0.3, -0.25) is 14.5 Å². The summed E-state index contributed by atoms with van der Waals surface area (Å²) in [4.78, 5) is 27.7. The van der Waals surface area contributed by atoms with Crippen LogP contribution >= 0.6 is 24.0 Å². The minimum atomic E-state index is -0.149. The molecule has 0 unspecified atom stereocenters. The Morgan fingerprint density at radius 1 is 1.06 bits per heavy atom. The molecule has 4 aromatic rings. The fourth-order valence-corrected chi connectivity index (χ4v) is 5.03. The van der Waals surface area contributed by atoms with Crippen molar-refractivity contribution in [2.24, 2.45) is 0 Å². The number of amides is 2. The first-order chi connectivity index (χ1) is 16.1. The predicted molar refractivity (Wildman–Crippen MR) is 135 cm³/mol. The Balaban J connectivity index is 1.41. The van der Waals surface area contributed by atoms with Gasteiger partial charge in [-0.15, -0.1) is 0 Å². The number of hydrogen-bond acceptors (Lipinski definition) is 5. The highest BCUT2D eigenvalue weighted by Gasteiger charge is 2.33. The average Bonchev–Trinajstić information content (AvgIpc) is 3.53. The highest BCUT2D eigenvalue weighted by Crippen LogP contribution is 2.37. The van der Waals surface area contributed by atoms with E-state index in [2.05, 4.69) is 5.32 Å². The summed E-state index contributed by atoms with van der Waals surface area (Å²) in [7, 11) is 0. The zero-order valence-electron chi connectivity index (χ0n) is 17.4. The van der Waals surface area contributed by atoms with Gasteiger partial charge in [-0.1, -0.05) is 60.4 Å². The van der Waals surface area contributed by atoms with Crippen molar-refractivity contribution < 1.29 is 14.0 Å². The third-order valence-corrected chi connectivity index (χ3v) is 6.57. The van der Waals surface area contributed by atoms with Crippen LogP contribution in [-0.2, 0) is 22.7 Å². The Labute approximate surface area is 199 Å². The van der Waals surface area contributed by atoms with Crippen molar-refractivity contribution >= 4 is 62.8 Å². The highest BCUT2D eigenvalue weighted by atomic mass is 32.2. The summed E-state index contributed by atoms with van der Waals surface area (Å²) in [5.41, 5.74) is 2.52. The van der Waals surface area contributed by atoms with Crippen molar-refractivity contribution in [3.8, 4) is 0 Å². The highest BCUT2D eigenvalue weighted by molar-refractivity contribution is 8.27. The number of para-hydroxylation sites is 2. The van der Waals surface area contributed by atoms with Crippen molar-refractivity contribution in [1.29, 1.82) is 0 Å². The summed E-state index contributed by atoms with van der Waals surface area (Å²) >= 11 is 6.75. The van der Waals surface area contributed by atoms with E-state index >= 15 is 0 Å². The average molecular weight is 474 g/mol. The summed E-state index contributed by atoms with van der Waals surface area (Å²) in [6, 6.07) is 20.8. The van der Waals surface area contributed by atoms with Gasteiger partial charge in [0, 0.05) is 22.7 Å². The quantitative estimate of drug-likeness (QED) is 0.317. The van der Waals surface area contributed by atoms with Crippen molar-refractivity contribution in [2.45, 2.75) is 13.1 Å². The molecule has 1 saturated heterocycles. The second kappa shape index (κ2) is 9.09. The molecule has 0 atom stereocenters. The van der Waals surface area contributed by atoms with E-state index in [0.29, 0.717) is 21.5 Å². The molecule has 0 bridgehead atoms. The zero-order chi connectivity index (χ0) is 22.8. The maximum absolute atomic E-state index is 13.1. The van der Waals surface area contributed by atoms with Crippen LogP contribution in [0.15, 0.2) is 88.5 Å². The van der Waals surface area contributed by atoms with Gasteiger partial charge in [-0.05, 0) is 36.4 Å². The van der Waals surface area contributed by atoms with Gasteiger partial charge in [0.15, 0.2) is 4.32 Å². The molecule has 0 saturated carbocycles. The molecule has 8 heteroatoms. The lowest BCUT2D eigenvalue weighted by Gasteiger charge is -2.13. The fraction of sp³-hybridized carbons (Fsp3) is 0.0800. The van der Waals surface area contributed by atoms with Crippen LogP contribution in [0.3, 0.4) is 0 Å². The molecule has 2 amide bonds. The van der Waals surface area contributed by atoms with Crippen molar-refractivity contribution in [1.82, 2.24) is 9.88 Å². The van der Waals surface area contributed by atoms with E-state index in [9.17, 15) is 9.59 Å². The van der Waals surface area contributed by atoms with Gasteiger partial charge in [0.1, 0.15) is 12.3 Å². The molecule has 0 aliphatic carbocycles. The number of fused-ring (bicyclic) bond motifs is 1. The number of aromatic nitrogens is 1. The number of hydrogen-bond donors (Lipinski definition) is 1. The number of benzene rings is 2. The maximum Gasteiger partial charge on any atom is 0.270 e. The summed E-state index contributed by atoms with van der Waals surface area (Å²) in [5, 5.41) is 3.83. The van der Waals surface area contributed by atoms with Gasteiger partial charge in [0.2, 0.25) is 5.91 Å². The molecule has 5 rings (SSSR count). The number of anilines is 1. The van der Waals surface area contributed by atoms with E-state index < -0.39 is 0 Å². The molecular weight excluding hydrogens is 454 g/mol. The second-order valence-electron chi connectivity index (χ2n) is 7.44. The van der Waals surface area contributed by atoms with Gasteiger partial charge >= 0.3 is 0 Å². The largest absolute Gasteiger partial charge is 0.467 e. The number of carbonyl (C=O) groups is 2. The summed E-state index contributed by atoms with van der Waals surface area (Å²) in [6.45, 7) is 0.486. The molecule has 3 heterocycles. The molecular formula is C25H19N3O3S2. The van der Waals surface area contributed by atoms with E-state index in [4.69, 9.17) is 16.6 Å². The van der Waals surface area contributed by atoms with Crippen LogP contribution < -0.4 is 10.2 Å². The molecule has 33 heavy (non-hydrogen) atoms. The van der Waals surface area contributed by atoms with Gasteiger partial charge < -0.3 is 14.3 Å². The standard InChI is InChI=1S/C25H19N3O3S2/c29-23(26-14-19-9-6-12-31-19)16-27-15-17(20-10-4-5-11-21(20)27)13-22-24(30)28(25(32)33-22)18-7-2-1-3-8-18/h1-13,15H,14,16H2,(H,26,29)/b22-13-. The zero-order valence-corrected chi connectivity index (χ0v) is 19.1. The summed E-state index contributed by atoms with van der Waals surface area (Å²) in [6.07, 6.45) is 5.32. The van der Waals surface area contributed by atoms with Crippen LogP contribution in [0, 0.1) is 0 Å². The number of nitrogens with one attached hydrogen (secondary N) is 1.